The van der Waals surface area contributed by atoms with Crippen molar-refractivity contribution >= 4 is 0 Å². The van der Waals surface area contributed by atoms with Gasteiger partial charge < -0.3 is 10.8 Å². The van der Waals surface area contributed by atoms with Crippen LogP contribution < -0.4 is 5.73 Å². The van der Waals surface area contributed by atoms with Crippen molar-refractivity contribution in [1.82, 2.24) is 4.90 Å². The Kier molecular flexibility index (Phi) is 3.09. The van der Waals surface area contributed by atoms with Crippen LogP contribution in [-0.2, 0) is 0 Å². The Morgan fingerprint density at radius 1 is 1.42 bits per heavy atom. The molecule has 3 nitrogen and oxygen atoms in total. The van der Waals surface area contributed by atoms with Crippen molar-refractivity contribution in [3.63, 3.8) is 0 Å². The van der Waals surface area contributed by atoms with Crippen LogP contribution in [0.1, 0.15) is 26.7 Å². The van der Waals surface area contributed by atoms with Crippen molar-refractivity contribution in [3.05, 3.63) is 0 Å². The highest BCUT2D eigenvalue weighted by Gasteiger charge is 2.28. The number of aliphatic hydroxyl groups excluding tert-OH is 1. The van der Waals surface area contributed by atoms with Gasteiger partial charge in [0.15, 0.2) is 0 Å². The van der Waals surface area contributed by atoms with Gasteiger partial charge in [0.2, 0.25) is 0 Å². The van der Waals surface area contributed by atoms with Crippen molar-refractivity contribution in [2.45, 2.75) is 38.3 Å². The van der Waals surface area contributed by atoms with Crippen LogP contribution in [0.25, 0.3) is 0 Å². The van der Waals surface area contributed by atoms with Crippen molar-refractivity contribution in [2.24, 2.45) is 5.73 Å². The van der Waals surface area contributed by atoms with Gasteiger partial charge in [-0.05, 0) is 26.7 Å². The molecule has 12 heavy (non-hydrogen) atoms. The van der Waals surface area contributed by atoms with Crippen LogP contribution in [0.5, 0.6) is 0 Å². The van der Waals surface area contributed by atoms with Crippen LogP contribution in [0.2, 0.25) is 0 Å². The molecule has 1 rings (SSSR count). The van der Waals surface area contributed by atoms with Gasteiger partial charge in [0, 0.05) is 25.2 Å². The molecular formula is C9H20N2O. The minimum atomic E-state index is -0.0881. The molecule has 72 valence electrons. The Balaban J connectivity index is 2.44. The van der Waals surface area contributed by atoms with Crippen molar-refractivity contribution in [1.29, 1.82) is 0 Å². The lowest BCUT2D eigenvalue weighted by Crippen LogP contribution is -2.53. The standard InChI is InChI=1S/C9H20N2O/c1-9(2,7-10)11-5-3-8(12)4-6-11/h8,12H,3-7,10H2,1-2H3. The molecule has 1 aliphatic rings. The van der Waals surface area contributed by atoms with Crippen LogP contribution in [-0.4, -0.2) is 41.3 Å². The molecule has 3 heteroatoms. The summed E-state index contributed by atoms with van der Waals surface area (Å²) < 4.78 is 0. The number of hydrogen-bond donors (Lipinski definition) is 2. The number of likely N-dealkylation sites (tertiary alicyclic amines) is 1. The topological polar surface area (TPSA) is 49.5 Å². The molecule has 0 saturated carbocycles. The van der Waals surface area contributed by atoms with E-state index < -0.39 is 0 Å². The molecule has 1 aliphatic heterocycles. The average molecular weight is 172 g/mol. The molecule has 0 unspecified atom stereocenters. The minimum absolute atomic E-state index is 0.0881. The molecule has 0 aromatic heterocycles. The van der Waals surface area contributed by atoms with Gasteiger partial charge in [0.25, 0.3) is 0 Å². The van der Waals surface area contributed by atoms with E-state index in [1.807, 2.05) is 0 Å². The first kappa shape index (κ1) is 9.96. The maximum atomic E-state index is 9.31. The van der Waals surface area contributed by atoms with E-state index in [2.05, 4.69) is 18.7 Å². The second-order valence-electron chi connectivity index (χ2n) is 4.23. The maximum absolute atomic E-state index is 9.31. The first-order valence-electron chi connectivity index (χ1n) is 4.69. The molecule has 0 aliphatic carbocycles. The zero-order valence-corrected chi connectivity index (χ0v) is 8.08. The summed E-state index contributed by atoms with van der Waals surface area (Å²) in [5.41, 5.74) is 5.76. The molecule has 1 fully saturated rings. The largest absolute Gasteiger partial charge is 0.393 e. The minimum Gasteiger partial charge on any atom is -0.393 e. The fourth-order valence-electron chi connectivity index (χ4n) is 1.60. The molecule has 0 radical (unpaired) electrons. The van der Waals surface area contributed by atoms with E-state index in [4.69, 9.17) is 5.73 Å². The number of rotatable bonds is 2. The maximum Gasteiger partial charge on any atom is 0.0564 e. The monoisotopic (exact) mass is 172 g/mol. The first-order chi connectivity index (χ1) is 5.56. The van der Waals surface area contributed by atoms with E-state index in [9.17, 15) is 5.11 Å². The van der Waals surface area contributed by atoms with E-state index in [0.29, 0.717) is 6.54 Å². The lowest BCUT2D eigenvalue weighted by Gasteiger charge is -2.41. The lowest BCUT2D eigenvalue weighted by molar-refractivity contribution is 0.0339. The number of nitrogens with two attached hydrogens (primary N) is 1. The predicted octanol–water partition coefficient (Wildman–Crippen LogP) is 0.180. The SMILES string of the molecule is CC(C)(CN)N1CCC(O)CC1. The van der Waals surface area contributed by atoms with Gasteiger partial charge in [-0.1, -0.05) is 0 Å². The zero-order valence-electron chi connectivity index (χ0n) is 8.08. The summed E-state index contributed by atoms with van der Waals surface area (Å²) in [6.07, 6.45) is 1.70. The summed E-state index contributed by atoms with van der Waals surface area (Å²) in [5.74, 6) is 0. The molecule has 0 aromatic rings. The molecule has 1 heterocycles. The summed E-state index contributed by atoms with van der Waals surface area (Å²) in [5, 5.41) is 9.31. The van der Waals surface area contributed by atoms with Crippen LogP contribution in [0.4, 0.5) is 0 Å². The number of nitrogens with zero attached hydrogens (tertiary/aromatic N) is 1. The Morgan fingerprint density at radius 3 is 2.33 bits per heavy atom. The fourth-order valence-corrected chi connectivity index (χ4v) is 1.60. The second kappa shape index (κ2) is 3.73. The molecular weight excluding hydrogens is 152 g/mol. The van der Waals surface area contributed by atoms with Crippen molar-refractivity contribution in [3.8, 4) is 0 Å². The van der Waals surface area contributed by atoms with Crippen LogP contribution >= 0.6 is 0 Å². The van der Waals surface area contributed by atoms with Gasteiger partial charge >= 0.3 is 0 Å². The van der Waals surface area contributed by atoms with Crippen LogP contribution in [0.15, 0.2) is 0 Å². The predicted molar refractivity (Wildman–Crippen MR) is 49.9 cm³/mol. The van der Waals surface area contributed by atoms with Gasteiger partial charge in [0.1, 0.15) is 0 Å². The normalized spacial score (nSPS) is 23.0. The van der Waals surface area contributed by atoms with Gasteiger partial charge in [-0.15, -0.1) is 0 Å². The third-order valence-electron chi connectivity index (χ3n) is 2.82. The summed E-state index contributed by atoms with van der Waals surface area (Å²) in [7, 11) is 0. The Labute approximate surface area is 74.5 Å². The smallest absolute Gasteiger partial charge is 0.0564 e. The summed E-state index contributed by atoms with van der Waals surface area (Å²) in [6, 6.07) is 0. The number of piperidine rings is 1. The third kappa shape index (κ3) is 2.19. The molecule has 0 spiro atoms. The summed E-state index contributed by atoms with van der Waals surface area (Å²) >= 11 is 0. The molecule has 1 saturated heterocycles. The highest BCUT2D eigenvalue weighted by atomic mass is 16.3. The second-order valence-corrected chi connectivity index (χ2v) is 4.23. The molecule has 0 amide bonds. The summed E-state index contributed by atoms with van der Waals surface area (Å²) in [6.45, 7) is 6.95. The average Bonchev–Trinajstić information content (AvgIpc) is 2.05. The Bertz CT molecular complexity index is 139. The molecule has 0 aromatic carbocycles. The van der Waals surface area contributed by atoms with Gasteiger partial charge in [0.05, 0.1) is 6.10 Å². The number of aliphatic hydroxyl groups is 1. The highest BCUT2D eigenvalue weighted by molar-refractivity contribution is 4.85. The lowest BCUT2D eigenvalue weighted by atomic mass is 9.98. The van der Waals surface area contributed by atoms with Crippen molar-refractivity contribution in [2.75, 3.05) is 19.6 Å². The van der Waals surface area contributed by atoms with Crippen LogP contribution in [0.3, 0.4) is 0 Å². The molecule has 3 N–H and O–H groups in total. The Morgan fingerprint density at radius 2 is 1.92 bits per heavy atom. The zero-order chi connectivity index (χ0) is 9.19. The van der Waals surface area contributed by atoms with Crippen molar-refractivity contribution < 1.29 is 5.11 Å². The van der Waals surface area contributed by atoms with Crippen LogP contribution in [0, 0.1) is 0 Å². The van der Waals surface area contributed by atoms with E-state index in [0.717, 1.165) is 25.9 Å². The van der Waals surface area contributed by atoms with Gasteiger partial charge in [-0.3, -0.25) is 4.90 Å². The van der Waals surface area contributed by atoms with Gasteiger partial charge in [-0.2, -0.15) is 0 Å². The van der Waals surface area contributed by atoms with E-state index >= 15 is 0 Å². The third-order valence-corrected chi connectivity index (χ3v) is 2.82. The summed E-state index contributed by atoms with van der Waals surface area (Å²) in [4.78, 5) is 2.36. The molecule has 0 bridgehead atoms. The fraction of sp³-hybridized carbons (Fsp3) is 1.00. The Hall–Kier alpha value is -0.120. The highest BCUT2D eigenvalue weighted by Crippen LogP contribution is 2.19. The number of hydrogen-bond acceptors (Lipinski definition) is 3. The van der Waals surface area contributed by atoms with Gasteiger partial charge in [-0.25, -0.2) is 0 Å². The van der Waals surface area contributed by atoms with E-state index in [-0.39, 0.29) is 11.6 Å². The quantitative estimate of drug-likeness (QED) is 0.625. The van der Waals surface area contributed by atoms with E-state index in [1.165, 1.54) is 0 Å². The first-order valence-corrected chi connectivity index (χ1v) is 4.69. The van der Waals surface area contributed by atoms with E-state index in [1.54, 1.807) is 0 Å². The molecule has 0 atom stereocenters.